The van der Waals surface area contributed by atoms with Crippen molar-refractivity contribution in [3.05, 3.63) is 53.6 Å². The van der Waals surface area contributed by atoms with Crippen LogP contribution in [0.2, 0.25) is 0 Å². The van der Waals surface area contributed by atoms with Gasteiger partial charge in [0.05, 0.1) is 22.1 Å². The molecule has 2 aromatic rings. The van der Waals surface area contributed by atoms with E-state index in [1.165, 1.54) is 36.4 Å². The normalized spacial score (nSPS) is 15.4. The second kappa shape index (κ2) is 7.50. The van der Waals surface area contributed by atoms with Gasteiger partial charge in [0.2, 0.25) is 11.8 Å². The standard InChI is InChI=1S/C18H14N2O6S/c21-15(19-11-3-1-2-9(6-11)17(23)24)8-14-16(22)20-12-5-4-10(18(25)26)7-13(12)27-14/h1-7,14H,8H2,(H,19,21)(H,20,22)(H,23,24)(H,25,26). The van der Waals surface area contributed by atoms with Gasteiger partial charge in [-0.05, 0) is 36.4 Å². The van der Waals surface area contributed by atoms with E-state index in [4.69, 9.17) is 10.2 Å². The molecule has 1 heterocycles. The number of anilines is 2. The number of carboxylic acid groups (broad SMARTS) is 2. The second-order valence-corrected chi connectivity index (χ2v) is 6.99. The molecule has 8 nitrogen and oxygen atoms in total. The summed E-state index contributed by atoms with van der Waals surface area (Å²) in [5, 5.41) is 22.6. The fraction of sp³-hybridized carbons (Fsp3) is 0.111. The van der Waals surface area contributed by atoms with Crippen molar-refractivity contribution in [1.82, 2.24) is 0 Å². The van der Waals surface area contributed by atoms with Crippen LogP contribution in [-0.2, 0) is 9.59 Å². The Kier molecular flexibility index (Phi) is 5.13. The Balaban J connectivity index is 1.70. The van der Waals surface area contributed by atoms with Gasteiger partial charge >= 0.3 is 11.9 Å². The lowest BCUT2D eigenvalue weighted by Gasteiger charge is -2.24. The first kappa shape index (κ1) is 18.5. The maximum atomic E-state index is 12.2. The fourth-order valence-corrected chi connectivity index (χ4v) is 3.67. The molecular formula is C18H14N2O6S. The topological polar surface area (TPSA) is 133 Å². The van der Waals surface area contributed by atoms with Crippen LogP contribution in [0.25, 0.3) is 0 Å². The summed E-state index contributed by atoms with van der Waals surface area (Å²) >= 11 is 1.11. The van der Waals surface area contributed by atoms with Crippen molar-refractivity contribution >= 4 is 46.9 Å². The Morgan fingerprint density at radius 2 is 1.74 bits per heavy atom. The molecule has 0 spiro atoms. The molecular weight excluding hydrogens is 372 g/mol. The number of carboxylic acids is 2. The molecule has 1 aliphatic rings. The first-order valence-electron chi connectivity index (χ1n) is 7.81. The first-order chi connectivity index (χ1) is 12.8. The van der Waals surface area contributed by atoms with Gasteiger partial charge in [-0.25, -0.2) is 9.59 Å². The number of hydrogen-bond donors (Lipinski definition) is 4. The zero-order valence-corrected chi connectivity index (χ0v) is 14.6. The van der Waals surface area contributed by atoms with E-state index in [1.54, 1.807) is 6.07 Å². The lowest BCUT2D eigenvalue weighted by Crippen LogP contribution is -2.32. The number of rotatable bonds is 5. The lowest BCUT2D eigenvalue weighted by atomic mass is 10.2. The summed E-state index contributed by atoms with van der Waals surface area (Å²) in [7, 11) is 0. The zero-order chi connectivity index (χ0) is 19.6. The van der Waals surface area contributed by atoms with Gasteiger partial charge in [0.15, 0.2) is 0 Å². The molecule has 2 aromatic carbocycles. The molecule has 0 fully saturated rings. The Morgan fingerprint density at radius 1 is 1.04 bits per heavy atom. The SMILES string of the molecule is O=C(CC1Sc2cc(C(=O)O)ccc2NC1=O)Nc1cccc(C(=O)O)c1. The summed E-state index contributed by atoms with van der Waals surface area (Å²) in [6.07, 6.45) is -0.148. The Hall–Kier alpha value is -3.33. The molecule has 0 saturated heterocycles. The van der Waals surface area contributed by atoms with Gasteiger partial charge in [-0.2, -0.15) is 0 Å². The monoisotopic (exact) mass is 386 g/mol. The summed E-state index contributed by atoms with van der Waals surface area (Å²) in [5.74, 6) is -3.00. The van der Waals surface area contributed by atoms with E-state index in [0.29, 0.717) is 16.3 Å². The van der Waals surface area contributed by atoms with Crippen molar-refractivity contribution in [3.8, 4) is 0 Å². The van der Waals surface area contributed by atoms with Crippen LogP contribution in [0.4, 0.5) is 11.4 Å². The van der Waals surface area contributed by atoms with E-state index < -0.39 is 23.1 Å². The number of amides is 2. The minimum Gasteiger partial charge on any atom is -0.478 e. The maximum Gasteiger partial charge on any atom is 0.335 e. The second-order valence-electron chi connectivity index (χ2n) is 5.75. The van der Waals surface area contributed by atoms with E-state index in [2.05, 4.69) is 10.6 Å². The quantitative estimate of drug-likeness (QED) is 0.620. The van der Waals surface area contributed by atoms with Crippen molar-refractivity contribution < 1.29 is 29.4 Å². The van der Waals surface area contributed by atoms with Crippen molar-refractivity contribution in [2.45, 2.75) is 16.6 Å². The Morgan fingerprint density at radius 3 is 2.44 bits per heavy atom. The molecule has 0 bridgehead atoms. The van der Waals surface area contributed by atoms with E-state index in [-0.39, 0.29) is 23.5 Å². The van der Waals surface area contributed by atoms with Gasteiger partial charge in [-0.15, -0.1) is 11.8 Å². The van der Waals surface area contributed by atoms with Crippen LogP contribution in [0.1, 0.15) is 27.1 Å². The summed E-state index contributed by atoms with van der Waals surface area (Å²) in [6, 6.07) is 10.1. The molecule has 2 amide bonds. The number of benzene rings is 2. The van der Waals surface area contributed by atoms with Gasteiger partial charge in [0.1, 0.15) is 0 Å². The molecule has 1 unspecified atom stereocenters. The smallest absolute Gasteiger partial charge is 0.335 e. The molecule has 27 heavy (non-hydrogen) atoms. The highest BCUT2D eigenvalue weighted by Crippen LogP contribution is 2.37. The maximum absolute atomic E-state index is 12.2. The van der Waals surface area contributed by atoms with Crippen LogP contribution in [0.5, 0.6) is 0 Å². The highest BCUT2D eigenvalue weighted by Gasteiger charge is 2.29. The number of carbonyl (C=O) groups excluding carboxylic acids is 2. The van der Waals surface area contributed by atoms with Crippen LogP contribution >= 0.6 is 11.8 Å². The molecule has 0 radical (unpaired) electrons. The number of nitrogens with one attached hydrogen (secondary N) is 2. The minimum absolute atomic E-state index is 0.0349. The van der Waals surface area contributed by atoms with Crippen LogP contribution in [0.15, 0.2) is 47.4 Å². The number of thioether (sulfide) groups is 1. The molecule has 1 atom stereocenters. The number of aromatic carboxylic acids is 2. The molecule has 0 aliphatic carbocycles. The molecule has 138 valence electrons. The van der Waals surface area contributed by atoms with Gasteiger partial charge < -0.3 is 20.8 Å². The summed E-state index contributed by atoms with van der Waals surface area (Å²) in [5.41, 5.74) is 0.939. The first-order valence-corrected chi connectivity index (χ1v) is 8.69. The van der Waals surface area contributed by atoms with Gasteiger partial charge in [0.25, 0.3) is 0 Å². The van der Waals surface area contributed by atoms with E-state index in [9.17, 15) is 19.2 Å². The highest BCUT2D eigenvalue weighted by molar-refractivity contribution is 8.01. The van der Waals surface area contributed by atoms with Gasteiger partial charge in [-0.3, -0.25) is 9.59 Å². The van der Waals surface area contributed by atoms with Crippen molar-refractivity contribution in [2.24, 2.45) is 0 Å². The Labute approximate surface area is 157 Å². The summed E-state index contributed by atoms with van der Waals surface area (Å²) < 4.78 is 0. The number of carbonyl (C=O) groups is 4. The van der Waals surface area contributed by atoms with Crippen LogP contribution in [-0.4, -0.2) is 39.2 Å². The van der Waals surface area contributed by atoms with Gasteiger partial charge in [0, 0.05) is 17.0 Å². The average Bonchev–Trinajstić information content (AvgIpc) is 2.62. The lowest BCUT2D eigenvalue weighted by molar-refractivity contribution is -0.120. The minimum atomic E-state index is -1.11. The van der Waals surface area contributed by atoms with Crippen molar-refractivity contribution in [2.75, 3.05) is 10.6 Å². The van der Waals surface area contributed by atoms with E-state index >= 15 is 0 Å². The molecule has 1 aliphatic heterocycles. The van der Waals surface area contributed by atoms with Crippen molar-refractivity contribution in [1.29, 1.82) is 0 Å². The summed E-state index contributed by atoms with van der Waals surface area (Å²) in [6.45, 7) is 0. The van der Waals surface area contributed by atoms with Crippen LogP contribution in [0, 0.1) is 0 Å². The Bertz CT molecular complexity index is 959. The molecule has 0 saturated carbocycles. The summed E-state index contributed by atoms with van der Waals surface area (Å²) in [4.78, 5) is 47.1. The largest absolute Gasteiger partial charge is 0.478 e. The van der Waals surface area contributed by atoms with E-state index in [1.807, 2.05) is 0 Å². The highest BCUT2D eigenvalue weighted by atomic mass is 32.2. The van der Waals surface area contributed by atoms with E-state index in [0.717, 1.165) is 11.8 Å². The zero-order valence-electron chi connectivity index (χ0n) is 13.8. The van der Waals surface area contributed by atoms with Crippen molar-refractivity contribution in [3.63, 3.8) is 0 Å². The fourth-order valence-electron chi connectivity index (χ4n) is 2.52. The molecule has 4 N–H and O–H groups in total. The predicted octanol–water partition coefficient (Wildman–Crippen LogP) is 2.52. The number of hydrogen-bond acceptors (Lipinski definition) is 5. The van der Waals surface area contributed by atoms with Gasteiger partial charge in [-0.1, -0.05) is 6.07 Å². The average molecular weight is 386 g/mol. The third-order valence-electron chi connectivity index (χ3n) is 3.81. The number of fused-ring (bicyclic) bond motifs is 1. The van der Waals surface area contributed by atoms with Crippen LogP contribution in [0.3, 0.4) is 0 Å². The third-order valence-corrected chi connectivity index (χ3v) is 5.07. The van der Waals surface area contributed by atoms with Crippen LogP contribution < -0.4 is 10.6 Å². The third kappa shape index (κ3) is 4.26. The molecule has 0 aromatic heterocycles. The predicted molar refractivity (Wildman–Crippen MR) is 98.3 cm³/mol. The molecule has 9 heteroatoms. The molecule has 3 rings (SSSR count).